The fourth-order valence-corrected chi connectivity index (χ4v) is 4.56. The Hall–Kier alpha value is -2.50. The first-order valence-electron chi connectivity index (χ1n) is 11.4. The molecule has 2 N–H and O–H groups in total. The van der Waals surface area contributed by atoms with E-state index in [0.29, 0.717) is 19.6 Å². The number of nitrogens with zero attached hydrogens (tertiary/aromatic N) is 3. The molecule has 1 aromatic heterocycles. The van der Waals surface area contributed by atoms with Gasteiger partial charge in [0.05, 0.1) is 11.2 Å². The van der Waals surface area contributed by atoms with Crippen LogP contribution in [-0.4, -0.2) is 77.2 Å². The molecule has 0 unspecified atom stereocenters. The number of carbonyl (C=O) groups is 1. The molecule has 0 radical (unpaired) electrons. The lowest BCUT2D eigenvalue weighted by molar-refractivity contribution is -0.153. The van der Waals surface area contributed by atoms with Crippen molar-refractivity contribution in [3.05, 3.63) is 35.7 Å². The molecule has 1 aromatic carbocycles. The summed E-state index contributed by atoms with van der Waals surface area (Å²) >= 11 is 0. The highest BCUT2D eigenvalue weighted by atomic mass is 19.1. The maximum Gasteiger partial charge on any atom is 0.252 e. The quantitative estimate of drug-likeness (QED) is 0.603. The third-order valence-corrected chi connectivity index (χ3v) is 6.60. The number of nitrogens with one attached hydrogen (secondary N) is 2. The van der Waals surface area contributed by atoms with Gasteiger partial charge >= 0.3 is 0 Å². The number of aromatic amines is 1. The van der Waals surface area contributed by atoms with Crippen LogP contribution in [0.2, 0.25) is 0 Å². The summed E-state index contributed by atoms with van der Waals surface area (Å²) in [6.45, 7) is 4.78. The van der Waals surface area contributed by atoms with Gasteiger partial charge in [0.25, 0.3) is 5.91 Å². The van der Waals surface area contributed by atoms with Crippen LogP contribution in [0.5, 0.6) is 0 Å². The average molecular weight is 482 g/mol. The zero-order chi connectivity index (χ0) is 24.5. The Kier molecular flexibility index (Phi) is 7.25. The standard InChI is InChI=1S/C23H30F3N5O3/c1-23(2,33-3)19(21-28-20(29-30-21)15-9-14(24)6-7-16(15)25)31(12-13-10-27-11-17(13)26)22(32)18-5-4-8-34-18/h6-7,9,13,17-19,27H,4-5,8,10-12H2,1-3H3,(H,28,29,30)/t13-,17-,18-,19-/m0/s1. The van der Waals surface area contributed by atoms with Crippen molar-refractivity contribution in [1.82, 2.24) is 25.4 Å². The highest BCUT2D eigenvalue weighted by Gasteiger charge is 2.45. The van der Waals surface area contributed by atoms with E-state index >= 15 is 0 Å². The Morgan fingerprint density at radius 1 is 1.35 bits per heavy atom. The summed E-state index contributed by atoms with van der Waals surface area (Å²) in [6, 6.07) is 2.19. The van der Waals surface area contributed by atoms with Crippen molar-refractivity contribution < 1.29 is 27.4 Å². The van der Waals surface area contributed by atoms with Gasteiger partial charge in [-0.15, -0.1) is 0 Å². The van der Waals surface area contributed by atoms with Crippen molar-refractivity contribution in [2.75, 3.05) is 33.4 Å². The van der Waals surface area contributed by atoms with Gasteiger partial charge in [0.2, 0.25) is 0 Å². The second-order valence-corrected chi connectivity index (χ2v) is 9.31. The van der Waals surface area contributed by atoms with E-state index in [9.17, 15) is 18.0 Å². The number of ether oxygens (including phenoxy) is 2. The van der Waals surface area contributed by atoms with Crippen molar-refractivity contribution in [2.24, 2.45) is 5.92 Å². The van der Waals surface area contributed by atoms with Crippen LogP contribution in [0.3, 0.4) is 0 Å². The first kappa shape index (κ1) is 24.6. The van der Waals surface area contributed by atoms with Gasteiger partial charge in [-0.2, -0.15) is 5.10 Å². The number of halogens is 3. The Bertz CT molecular complexity index is 1010. The third-order valence-electron chi connectivity index (χ3n) is 6.60. The summed E-state index contributed by atoms with van der Waals surface area (Å²) < 4.78 is 54.0. The molecule has 2 saturated heterocycles. The van der Waals surface area contributed by atoms with Crippen molar-refractivity contribution in [3.8, 4) is 11.4 Å². The summed E-state index contributed by atoms with van der Waals surface area (Å²) in [5, 5.41) is 9.88. The van der Waals surface area contributed by atoms with Crippen molar-refractivity contribution >= 4 is 5.91 Å². The van der Waals surface area contributed by atoms with Gasteiger partial charge in [0, 0.05) is 39.3 Å². The van der Waals surface area contributed by atoms with E-state index in [0.717, 1.165) is 24.6 Å². The molecule has 4 rings (SSSR count). The molecule has 2 fully saturated rings. The van der Waals surface area contributed by atoms with Crippen LogP contribution >= 0.6 is 0 Å². The molecule has 34 heavy (non-hydrogen) atoms. The van der Waals surface area contributed by atoms with Crippen LogP contribution in [0, 0.1) is 17.6 Å². The SMILES string of the molecule is COC(C)(C)[C@H](c1nc(-c2cc(F)ccc2F)n[nH]1)N(C[C@@H]1CNC[C@@H]1F)C(=O)[C@@H]1CCCO1. The van der Waals surface area contributed by atoms with Gasteiger partial charge in [-0.1, -0.05) is 0 Å². The van der Waals surface area contributed by atoms with Crippen molar-refractivity contribution in [1.29, 1.82) is 0 Å². The van der Waals surface area contributed by atoms with Crippen LogP contribution in [0.1, 0.15) is 38.6 Å². The molecule has 2 aromatic rings. The van der Waals surface area contributed by atoms with Crippen LogP contribution in [-0.2, 0) is 14.3 Å². The maximum absolute atomic E-state index is 14.6. The van der Waals surface area contributed by atoms with E-state index in [4.69, 9.17) is 9.47 Å². The highest BCUT2D eigenvalue weighted by Crippen LogP contribution is 2.36. The molecule has 0 spiro atoms. The molecule has 11 heteroatoms. The molecule has 3 heterocycles. The van der Waals surface area contributed by atoms with Crippen LogP contribution < -0.4 is 5.32 Å². The van der Waals surface area contributed by atoms with E-state index < -0.39 is 41.5 Å². The van der Waals surface area contributed by atoms with Crippen LogP contribution in [0.4, 0.5) is 13.2 Å². The highest BCUT2D eigenvalue weighted by molar-refractivity contribution is 5.81. The number of aromatic nitrogens is 3. The van der Waals surface area contributed by atoms with Gasteiger partial charge in [-0.05, 0) is 44.9 Å². The van der Waals surface area contributed by atoms with Gasteiger partial charge in [-0.3, -0.25) is 9.89 Å². The number of amides is 1. The van der Waals surface area contributed by atoms with E-state index in [2.05, 4.69) is 20.5 Å². The van der Waals surface area contributed by atoms with Crippen LogP contribution in [0.15, 0.2) is 18.2 Å². The minimum absolute atomic E-state index is 0.0562. The molecule has 0 bridgehead atoms. The molecule has 0 aliphatic carbocycles. The number of carbonyl (C=O) groups excluding carboxylic acids is 1. The fourth-order valence-electron chi connectivity index (χ4n) is 4.56. The van der Waals surface area contributed by atoms with Gasteiger partial charge in [-0.25, -0.2) is 18.2 Å². The number of H-pyrrole nitrogens is 1. The average Bonchev–Trinajstić information content (AvgIpc) is 3.57. The Morgan fingerprint density at radius 3 is 2.79 bits per heavy atom. The molecule has 8 nitrogen and oxygen atoms in total. The molecule has 2 aliphatic heterocycles. The predicted octanol–water partition coefficient (Wildman–Crippen LogP) is 2.78. The molecule has 186 valence electrons. The summed E-state index contributed by atoms with van der Waals surface area (Å²) in [5.41, 5.74) is -1.10. The van der Waals surface area contributed by atoms with E-state index in [1.807, 2.05) is 0 Å². The van der Waals surface area contributed by atoms with E-state index in [-0.39, 0.29) is 36.2 Å². The number of hydrogen-bond acceptors (Lipinski definition) is 6. The van der Waals surface area contributed by atoms with E-state index in [1.54, 1.807) is 13.8 Å². The molecule has 0 saturated carbocycles. The largest absolute Gasteiger partial charge is 0.376 e. The molecular formula is C23H30F3N5O3. The molecule has 1 amide bonds. The Morgan fingerprint density at radius 2 is 2.15 bits per heavy atom. The second kappa shape index (κ2) is 10.0. The first-order valence-corrected chi connectivity index (χ1v) is 11.4. The smallest absolute Gasteiger partial charge is 0.252 e. The normalized spacial score (nSPS) is 23.9. The lowest BCUT2D eigenvalue weighted by Crippen LogP contribution is -2.52. The number of alkyl halides is 1. The predicted molar refractivity (Wildman–Crippen MR) is 118 cm³/mol. The van der Waals surface area contributed by atoms with E-state index in [1.165, 1.54) is 12.0 Å². The first-order chi connectivity index (χ1) is 16.2. The zero-order valence-electron chi connectivity index (χ0n) is 19.5. The number of hydrogen-bond donors (Lipinski definition) is 2. The van der Waals surface area contributed by atoms with Crippen molar-refractivity contribution in [3.63, 3.8) is 0 Å². The summed E-state index contributed by atoms with van der Waals surface area (Å²) in [4.78, 5) is 19.6. The minimum Gasteiger partial charge on any atom is -0.376 e. The van der Waals surface area contributed by atoms with Gasteiger partial charge < -0.3 is 19.7 Å². The summed E-state index contributed by atoms with van der Waals surface area (Å²) in [5.74, 6) is -1.86. The minimum atomic E-state index is -1.11. The van der Waals surface area contributed by atoms with Gasteiger partial charge in [0.1, 0.15) is 30.0 Å². The zero-order valence-corrected chi connectivity index (χ0v) is 19.5. The second-order valence-electron chi connectivity index (χ2n) is 9.31. The topological polar surface area (TPSA) is 92.4 Å². The number of benzene rings is 1. The lowest BCUT2D eigenvalue weighted by Gasteiger charge is -2.41. The van der Waals surface area contributed by atoms with Gasteiger partial charge in [0.15, 0.2) is 11.6 Å². The summed E-state index contributed by atoms with van der Waals surface area (Å²) in [7, 11) is 1.50. The molecule has 2 aliphatic rings. The molecular weight excluding hydrogens is 451 g/mol. The summed E-state index contributed by atoms with van der Waals surface area (Å²) in [6.07, 6.45) is -0.443. The van der Waals surface area contributed by atoms with Crippen molar-refractivity contribution in [2.45, 2.75) is 50.6 Å². The van der Waals surface area contributed by atoms with Crippen LogP contribution in [0.25, 0.3) is 11.4 Å². The Labute approximate surface area is 196 Å². The third kappa shape index (κ3) is 4.96. The molecule has 4 atom stereocenters. The number of methoxy groups -OCH3 is 1. The fraction of sp³-hybridized carbons (Fsp3) is 0.609. The monoisotopic (exact) mass is 481 g/mol. The lowest BCUT2D eigenvalue weighted by atomic mass is 9.93. The Balaban J connectivity index is 1.74. The number of rotatable bonds is 8. The maximum atomic E-state index is 14.6.